The predicted octanol–water partition coefficient (Wildman–Crippen LogP) is 0.525. The lowest BCUT2D eigenvalue weighted by molar-refractivity contribution is 0.0656. The maximum Gasteiger partial charge on any atom is 0.311 e. The molecule has 1 amide bonds. The van der Waals surface area contributed by atoms with Crippen molar-refractivity contribution < 1.29 is 17.6 Å². The molecule has 1 aromatic carbocycles. The molecule has 0 spiro atoms. The highest BCUT2D eigenvalue weighted by molar-refractivity contribution is 7.89. The van der Waals surface area contributed by atoms with Crippen LogP contribution in [0.25, 0.3) is 0 Å². The third-order valence-corrected chi connectivity index (χ3v) is 5.53. The molecule has 0 saturated carbocycles. The van der Waals surface area contributed by atoms with Crippen LogP contribution in [0.3, 0.4) is 0 Å². The van der Waals surface area contributed by atoms with Crippen molar-refractivity contribution in [1.82, 2.24) is 19.4 Å². The summed E-state index contributed by atoms with van der Waals surface area (Å²) in [5, 5.41) is 7.32. The predicted molar refractivity (Wildman–Crippen MR) is 80.1 cm³/mol. The van der Waals surface area contributed by atoms with Gasteiger partial charge in [-0.05, 0) is 12.1 Å². The van der Waals surface area contributed by atoms with Gasteiger partial charge in [-0.15, -0.1) is 10.2 Å². The number of carbonyl (C=O) groups is 1. The third kappa shape index (κ3) is 3.10. The van der Waals surface area contributed by atoms with Crippen LogP contribution in [0.1, 0.15) is 16.6 Å². The molecule has 0 N–H and O–H groups in total. The molecule has 3 rings (SSSR count). The molecule has 0 atom stereocenters. The Morgan fingerprint density at radius 1 is 1.09 bits per heavy atom. The van der Waals surface area contributed by atoms with Gasteiger partial charge < -0.3 is 9.32 Å². The summed E-state index contributed by atoms with van der Waals surface area (Å²) in [4.78, 5) is 14.0. The maximum atomic E-state index is 12.5. The molecule has 1 aliphatic heterocycles. The summed E-state index contributed by atoms with van der Waals surface area (Å²) in [7, 11) is -3.53. The number of amides is 1. The summed E-state index contributed by atoms with van der Waals surface area (Å²) in [5.74, 6) is -0.122. The maximum absolute atomic E-state index is 12.5. The van der Waals surface area contributed by atoms with Crippen LogP contribution in [0.4, 0.5) is 0 Å². The van der Waals surface area contributed by atoms with E-state index in [1.165, 1.54) is 9.21 Å². The van der Waals surface area contributed by atoms with Gasteiger partial charge in [-0.25, -0.2) is 8.42 Å². The molecular weight excluding hydrogens is 320 g/mol. The van der Waals surface area contributed by atoms with E-state index in [9.17, 15) is 13.2 Å². The van der Waals surface area contributed by atoms with E-state index < -0.39 is 10.0 Å². The quantitative estimate of drug-likeness (QED) is 0.811. The van der Waals surface area contributed by atoms with Crippen LogP contribution >= 0.6 is 0 Å². The van der Waals surface area contributed by atoms with E-state index in [0.29, 0.717) is 5.89 Å². The number of carbonyl (C=O) groups excluding carboxylic acids is 1. The van der Waals surface area contributed by atoms with Crippen molar-refractivity contribution in [1.29, 1.82) is 0 Å². The fourth-order valence-electron chi connectivity index (χ4n) is 2.39. The Kier molecular flexibility index (Phi) is 4.14. The first-order valence-electron chi connectivity index (χ1n) is 7.13. The van der Waals surface area contributed by atoms with E-state index in [-0.39, 0.29) is 42.9 Å². The lowest BCUT2D eigenvalue weighted by Crippen LogP contribution is -2.50. The molecular formula is C14H16N4O4S. The molecule has 2 heterocycles. The zero-order chi connectivity index (χ0) is 16.4. The molecule has 2 aromatic rings. The summed E-state index contributed by atoms with van der Waals surface area (Å²) in [5.41, 5.74) is 0. The Balaban J connectivity index is 1.68. The van der Waals surface area contributed by atoms with Crippen molar-refractivity contribution in [3.05, 3.63) is 42.1 Å². The molecule has 1 aliphatic rings. The summed E-state index contributed by atoms with van der Waals surface area (Å²) < 4.78 is 31.5. The summed E-state index contributed by atoms with van der Waals surface area (Å²) in [6.07, 6.45) is 0. The standard InChI is InChI=1S/C14H16N4O4S/c1-11-15-16-13(22-11)14(19)17-7-9-18(10-8-17)23(20,21)12-5-3-2-4-6-12/h2-6H,7-10H2,1H3. The smallest absolute Gasteiger partial charge is 0.311 e. The SMILES string of the molecule is Cc1nnc(C(=O)N2CCN(S(=O)(=O)c3ccccc3)CC2)o1. The van der Waals surface area contributed by atoms with Gasteiger partial charge in [-0.2, -0.15) is 4.31 Å². The molecule has 0 aliphatic carbocycles. The first-order valence-corrected chi connectivity index (χ1v) is 8.57. The topological polar surface area (TPSA) is 96.6 Å². The van der Waals surface area contributed by atoms with Crippen molar-refractivity contribution in [2.24, 2.45) is 0 Å². The number of sulfonamides is 1. The second-order valence-electron chi connectivity index (χ2n) is 5.14. The average molecular weight is 336 g/mol. The zero-order valence-electron chi connectivity index (χ0n) is 12.5. The Labute approximate surface area is 133 Å². The van der Waals surface area contributed by atoms with Crippen LogP contribution in [0.15, 0.2) is 39.6 Å². The van der Waals surface area contributed by atoms with Crippen molar-refractivity contribution in [3.8, 4) is 0 Å². The Morgan fingerprint density at radius 3 is 2.30 bits per heavy atom. The largest absolute Gasteiger partial charge is 0.417 e. The van der Waals surface area contributed by atoms with Gasteiger partial charge in [-0.3, -0.25) is 4.79 Å². The Bertz CT molecular complexity index is 795. The lowest BCUT2D eigenvalue weighted by Gasteiger charge is -2.33. The van der Waals surface area contributed by atoms with Crippen molar-refractivity contribution >= 4 is 15.9 Å². The summed E-state index contributed by atoms with van der Waals surface area (Å²) in [6, 6.07) is 8.26. The normalized spacial score (nSPS) is 16.5. The number of nitrogens with zero attached hydrogens (tertiary/aromatic N) is 4. The first-order chi connectivity index (χ1) is 11.0. The van der Waals surface area contributed by atoms with Crippen molar-refractivity contribution in [3.63, 3.8) is 0 Å². The second-order valence-corrected chi connectivity index (χ2v) is 7.07. The van der Waals surface area contributed by atoms with Crippen molar-refractivity contribution in [2.75, 3.05) is 26.2 Å². The van der Waals surface area contributed by atoms with Gasteiger partial charge in [0.25, 0.3) is 0 Å². The highest BCUT2D eigenvalue weighted by Gasteiger charge is 2.31. The number of rotatable bonds is 3. The van der Waals surface area contributed by atoms with Gasteiger partial charge in [-0.1, -0.05) is 18.2 Å². The van der Waals surface area contributed by atoms with Gasteiger partial charge in [0.2, 0.25) is 15.9 Å². The van der Waals surface area contributed by atoms with Gasteiger partial charge in [0.15, 0.2) is 0 Å². The molecule has 23 heavy (non-hydrogen) atoms. The van der Waals surface area contributed by atoms with E-state index in [1.807, 2.05) is 0 Å². The van der Waals surface area contributed by atoms with E-state index in [1.54, 1.807) is 37.3 Å². The van der Waals surface area contributed by atoms with Crippen LogP contribution in [0.5, 0.6) is 0 Å². The third-order valence-electron chi connectivity index (χ3n) is 3.62. The number of hydrogen-bond donors (Lipinski definition) is 0. The molecule has 0 unspecified atom stereocenters. The molecule has 0 bridgehead atoms. The van der Waals surface area contributed by atoms with Crippen LogP contribution in [0.2, 0.25) is 0 Å². The average Bonchev–Trinajstić information content (AvgIpc) is 3.01. The van der Waals surface area contributed by atoms with Crippen molar-refractivity contribution in [2.45, 2.75) is 11.8 Å². The van der Waals surface area contributed by atoms with Gasteiger partial charge in [0, 0.05) is 33.1 Å². The minimum absolute atomic E-state index is 0.0677. The van der Waals surface area contributed by atoms with Crippen LogP contribution in [0, 0.1) is 6.92 Å². The molecule has 8 nitrogen and oxygen atoms in total. The number of aryl methyl sites for hydroxylation is 1. The zero-order valence-corrected chi connectivity index (χ0v) is 13.4. The monoisotopic (exact) mass is 336 g/mol. The summed E-state index contributed by atoms with van der Waals surface area (Å²) >= 11 is 0. The first kappa shape index (κ1) is 15.6. The fourth-order valence-corrected chi connectivity index (χ4v) is 3.83. The Morgan fingerprint density at radius 2 is 1.74 bits per heavy atom. The lowest BCUT2D eigenvalue weighted by atomic mass is 10.3. The highest BCUT2D eigenvalue weighted by atomic mass is 32.2. The minimum Gasteiger partial charge on any atom is -0.417 e. The molecule has 1 saturated heterocycles. The summed E-state index contributed by atoms with van der Waals surface area (Å²) in [6.45, 7) is 2.64. The molecule has 9 heteroatoms. The van der Waals surface area contributed by atoms with Gasteiger partial charge in [0.1, 0.15) is 0 Å². The number of benzene rings is 1. The van der Waals surface area contributed by atoms with E-state index in [2.05, 4.69) is 10.2 Å². The van der Waals surface area contributed by atoms with Gasteiger partial charge >= 0.3 is 11.8 Å². The van der Waals surface area contributed by atoms with E-state index in [0.717, 1.165) is 0 Å². The highest BCUT2D eigenvalue weighted by Crippen LogP contribution is 2.18. The van der Waals surface area contributed by atoms with Crippen LogP contribution in [-0.2, 0) is 10.0 Å². The van der Waals surface area contributed by atoms with Crippen LogP contribution in [-0.4, -0.2) is 59.9 Å². The second kappa shape index (κ2) is 6.09. The number of hydrogen-bond acceptors (Lipinski definition) is 6. The number of aromatic nitrogens is 2. The van der Waals surface area contributed by atoms with E-state index in [4.69, 9.17) is 4.42 Å². The van der Waals surface area contributed by atoms with Crippen LogP contribution < -0.4 is 0 Å². The minimum atomic E-state index is -3.53. The number of piperazine rings is 1. The van der Waals surface area contributed by atoms with Gasteiger partial charge in [0.05, 0.1) is 4.90 Å². The molecule has 1 aromatic heterocycles. The molecule has 0 radical (unpaired) electrons. The fraction of sp³-hybridized carbons (Fsp3) is 0.357. The Hall–Kier alpha value is -2.26. The van der Waals surface area contributed by atoms with E-state index >= 15 is 0 Å². The molecule has 1 fully saturated rings. The molecule has 122 valence electrons.